The minimum atomic E-state index is 0.715. The number of amidine groups is 1. The third-order valence-corrected chi connectivity index (χ3v) is 2.09. The van der Waals surface area contributed by atoms with E-state index in [1.165, 1.54) is 0 Å². The molecule has 3 heteroatoms. The molecule has 0 bridgehead atoms. The molecule has 0 N–H and O–H groups in total. The van der Waals surface area contributed by atoms with Gasteiger partial charge in [0.2, 0.25) is 0 Å². The number of fused-ring (bicyclic) bond motifs is 1. The molecule has 0 saturated carbocycles. The molecule has 1 aliphatic heterocycles. The first-order valence-corrected chi connectivity index (χ1v) is 4.59. The number of nitrogens with zero attached hydrogens (tertiary/aromatic N) is 3. The van der Waals surface area contributed by atoms with E-state index in [0.29, 0.717) is 6.42 Å². The second-order valence-electron chi connectivity index (χ2n) is 3.35. The fraction of sp³-hybridized carbons (Fsp3) is 0.273. The lowest BCUT2D eigenvalue weighted by Gasteiger charge is -2.00. The maximum atomic E-state index is 4.40. The van der Waals surface area contributed by atoms with Crippen molar-refractivity contribution in [2.24, 2.45) is 4.99 Å². The van der Waals surface area contributed by atoms with E-state index in [1.54, 1.807) is 0 Å². The molecule has 0 aromatic carbocycles. The third kappa shape index (κ3) is 1.41. The van der Waals surface area contributed by atoms with Gasteiger partial charge in [0.25, 0.3) is 0 Å². The van der Waals surface area contributed by atoms with Crippen molar-refractivity contribution in [3.05, 3.63) is 30.1 Å². The molecule has 0 saturated heterocycles. The maximum absolute atomic E-state index is 4.40. The summed E-state index contributed by atoms with van der Waals surface area (Å²) in [4.78, 5) is 8.75. The van der Waals surface area contributed by atoms with E-state index in [0.717, 1.165) is 28.6 Å². The van der Waals surface area contributed by atoms with Crippen LogP contribution in [0.15, 0.2) is 23.7 Å². The average molecular weight is 186 g/mol. The molecule has 0 spiro atoms. The number of hydrogen-bond donors (Lipinski definition) is 0. The standard InChI is InChI=1S/C11H12N3/c1-4-5-10-13-9-6-7(2)12-8(3)11(9)14-10/h4,6H,1,5H2,2-3H3. The monoisotopic (exact) mass is 186 g/mol. The van der Waals surface area contributed by atoms with E-state index in [9.17, 15) is 0 Å². The minimum Gasteiger partial charge on any atom is -0.256 e. The summed E-state index contributed by atoms with van der Waals surface area (Å²) >= 11 is 0. The molecule has 1 radical (unpaired) electrons. The van der Waals surface area contributed by atoms with Crippen LogP contribution in [0.2, 0.25) is 0 Å². The Morgan fingerprint density at radius 2 is 2.21 bits per heavy atom. The van der Waals surface area contributed by atoms with Crippen molar-refractivity contribution in [1.29, 1.82) is 0 Å². The van der Waals surface area contributed by atoms with Crippen LogP contribution >= 0.6 is 0 Å². The van der Waals surface area contributed by atoms with E-state index in [2.05, 4.69) is 21.9 Å². The van der Waals surface area contributed by atoms with Gasteiger partial charge in [-0.25, -0.2) is 10.3 Å². The number of rotatable bonds is 2. The molecule has 0 aliphatic carbocycles. The van der Waals surface area contributed by atoms with Gasteiger partial charge in [-0.1, -0.05) is 6.08 Å². The van der Waals surface area contributed by atoms with Gasteiger partial charge >= 0.3 is 0 Å². The first-order chi connectivity index (χ1) is 6.70. The summed E-state index contributed by atoms with van der Waals surface area (Å²) in [5.74, 6) is 0.825. The lowest BCUT2D eigenvalue weighted by molar-refractivity contribution is 1.11. The summed E-state index contributed by atoms with van der Waals surface area (Å²) in [5, 5.41) is 4.40. The Morgan fingerprint density at radius 3 is 2.93 bits per heavy atom. The molecule has 1 aromatic heterocycles. The van der Waals surface area contributed by atoms with Gasteiger partial charge in [0.15, 0.2) is 0 Å². The largest absolute Gasteiger partial charge is 0.256 e. The molecule has 3 nitrogen and oxygen atoms in total. The Kier molecular flexibility index (Phi) is 2.08. The van der Waals surface area contributed by atoms with Crippen molar-refractivity contribution < 1.29 is 0 Å². The van der Waals surface area contributed by atoms with Crippen molar-refractivity contribution in [3.8, 4) is 0 Å². The van der Waals surface area contributed by atoms with Crippen molar-refractivity contribution in [2.45, 2.75) is 20.3 Å². The van der Waals surface area contributed by atoms with Gasteiger partial charge in [-0.15, -0.1) is 6.58 Å². The van der Waals surface area contributed by atoms with Crippen LogP contribution in [-0.4, -0.2) is 10.8 Å². The highest BCUT2D eigenvalue weighted by Gasteiger charge is 2.17. The van der Waals surface area contributed by atoms with Gasteiger partial charge in [-0.3, -0.25) is 4.98 Å². The van der Waals surface area contributed by atoms with Crippen LogP contribution in [0.1, 0.15) is 17.8 Å². The minimum absolute atomic E-state index is 0.715. The van der Waals surface area contributed by atoms with Crippen LogP contribution in [0, 0.1) is 13.8 Å². The summed E-state index contributed by atoms with van der Waals surface area (Å²) < 4.78 is 0. The molecule has 14 heavy (non-hydrogen) atoms. The van der Waals surface area contributed by atoms with Gasteiger partial charge < -0.3 is 0 Å². The van der Waals surface area contributed by atoms with Crippen molar-refractivity contribution in [1.82, 2.24) is 10.3 Å². The Bertz CT molecular complexity index is 419. The number of aromatic nitrogens is 1. The summed E-state index contributed by atoms with van der Waals surface area (Å²) in [6, 6.07) is 1.96. The van der Waals surface area contributed by atoms with Crippen LogP contribution in [0.25, 0.3) is 0 Å². The van der Waals surface area contributed by atoms with Crippen LogP contribution < -0.4 is 5.32 Å². The van der Waals surface area contributed by atoms with Gasteiger partial charge in [-0.05, 0) is 19.9 Å². The summed E-state index contributed by atoms with van der Waals surface area (Å²) in [6.07, 6.45) is 2.52. The molecule has 0 amide bonds. The molecule has 0 atom stereocenters. The summed E-state index contributed by atoms with van der Waals surface area (Å²) in [5.41, 5.74) is 3.78. The Balaban J connectivity index is 2.41. The zero-order chi connectivity index (χ0) is 10.1. The van der Waals surface area contributed by atoms with Gasteiger partial charge in [0.1, 0.15) is 11.5 Å². The van der Waals surface area contributed by atoms with Crippen molar-refractivity contribution >= 4 is 17.2 Å². The highest BCUT2D eigenvalue weighted by atomic mass is 15.1. The molecule has 2 rings (SSSR count). The van der Waals surface area contributed by atoms with Crippen LogP contribution in [0.4, 0.5) is 11.4 Å². The zero-order valence-corrected chi connectivity index (χ0v) is 8.41. The highest BCUT2D eigenvalue weighted by Crippen LogP contribution is 2.33. The van der Waals surface area contributed by atoms with E-state index in [1.807, 2.05) is 26.0 Å². The lowest BCUT2D eigenvalue weighted by atomic mass is 10.2. The van der Waals surface area contributed by atoms with Gasteiger partial charge in [0.05, 0.1) is 11.4 Å². The van der Waals surface area contributed by atoms with E-state index in [-0.39, 0.29) is 0 Å². The SMILES string of the molecule is C=CCC1=Nc2c(cc(C)nc2C)[N]1. The third-order valence-electron chi connectivity index (χ3n) is 2.09. The molecular weight excluding hydrogens is 174 g/mol. The maximum Gasteiger partial charge on any atom is 0.133 e. The first-order valence-electron chi connectivity index (χ1n) is 4.59. The predicted molar refractivity (Wildman–Crippen MR) is 57.4 cm³/mol. The van der Waals surface area contributed by atoms with E-state index >= 15 is 0 Å². The molecular formula is C11H12N3. The Morgan fingerprint density at radius 1 is 1.43 bits per heavy atom. The second kappa shape index (κ2) is 3.25. The zero-order valence-electron chi connectivity index (χ0n) is 8.41. The van der Waals surface area contributed by atoms with Crippen molar-refractivity contribution in [3.63, 3.8) is 0 Å². The van der Waals surface area contributed by atoms with E-state index < -0.39 is 0 Å². The Labute approximate surface area is 83.6 Å². The topological polar surface area (TPSA) is 39.4 Å². The molecule has 0 unspecified atom stereocenters. The highest BCUT2D eigenvalue weighted by molar-refractivity contribution is 5.97. The number of aliphatic imine (C=N–C) groups is 1. The smallest absolute Gasteiger partial charge is 0.133 e. The van der Waals surface area contributed by atoms with Crippen LogP contribution in [0.3, 0.4) is 0 Å². The predicted octanol–water partition coefficient (Wildman–Crippen LogP) is 2.55. The van der Waals surface area contributed by atoms with Crippen LogP contribution in [-0.2, 0) is 0 Å². The Hall–Kier alpha value is -1.64. The fourth-order valence-corrected chi connectivity index (χ4v) is 1.54. The normalized spacial score (nSPS) is 13.1. The number of aryl methyl sites for hydroxylation is 2. The summed E-state index contributed by atoms with van der Waals surface area (Å²) in [7, 11) is 0. The molecule has 1 aromatic rings. The van der Waals surface area contributed by atoms with Crippen LogP contribution in [0.5, 0.6) is 0 Å². The number of hydrogen-bond acceptors (Lipinski definition) is 2. The van der Waals surface area contributed by atoms with Gasteiger partial charge in [0, 0.05) is 12.1 Å². The molecule has 1 aliphatic rings. The second-order valence-corrected chi connectivity index (χ2v) is 3.35. The molecule has 0 fully saturated rings. The van der Waals surface area contributed by atoms with Gasteiger partial charge in [-0.2, -0.15) is 0 Å². The van der Waals surface area contributed by atoms with Crippen molar-refractivity contribution in [2.75, 3.05) is 0 Å². The number of pyridine rings is 1. The first kappa shape index (κ1) is 8.94. The quantitative estimate of drug-likeness (QED) is 0.654. The lowest BCUT2D eigenvalue weighted by Crippen LogP contribution is -2.04. The molecule has 2 heterocycles. The molecule has 71 valence electrons. The summed E-state index contributed by atoms with van der Waals surface area (Å²) in [6.45, 7) is 7.60. The van der Waals surface area contributed by atoms with E-state index in [4.69, 9.17) is 0 Å². The fourth-order valence-electron chi connectivity index (χ4n) is 1.54. The average Bonchev–Trinajstić information content (AvgIpc) is 2.48.